The second-order valence-electron chi connectivity index (χ2n) is 7.71. The fourth-order valence-corrected chi connectivity index (χ4v) is 5.28. The monoisotopic (exact) mass is 431 g/mol. The van der Waals surface area contributed by atoms with Crippen molar-refractivity contribution < 1.29 is 13.6 Å². The van der Waals surface area contributed by atoms with Crippen LogP contribution in [0.15, 0.2) is 67.0 Å². The number of hydrogen-bond donors (Lipinski definition) is 0. The minimum absolute atomic E-state index is 0.171. The molecule has 0 bridgehead atoms. The van der Waals surface area contributed by atoms with Gasteiger partial charge < -0.3 is 0 Å². The molecular formula is C26H19F2NOS. The largest absolute Gasteiger partial charge is 0.293 e. The summed E-state index contributed by atoms with van der Waals surface area (Å²) in [4.78, 5) is 18.8. The van der Waals surface area contributed by atoms with E-state index >= 15 is 0 Å². The van der Waals surface area contributed by atoms with Gasteiger partial charge in [-0.1, -0.05) is 24.3 Å². The van der Waals surface area contributed by atoms with Gasteiger partial charge in [0, 0.05) is 34.8 Å². The second kappa shape index (κ2) is 8.16. The van der Waals surface area contributed by atoms with Crippen molar-refractivity contribution in [3.63, 3.8) is 0 Å². The van der Waals surface area contributed by atoms with E-state index in [2.05, 4.69) is 23.2 Å². The first kappa shape index (κ1) is 19.8. The van der Waals surface area contributed by atoms with Crippen LogP contribution in [0.3, 0.4) is 0 Å². The molecule has 5 heteroatoms. The maximum atomic E-state index is 14.0. The molecule has 0 unspecified atom stereocenters. The number of pyridine rings is 1. The molecule has 0 amide bonds. The Morgan fingerprint density at radius 1 is 0.935 bits per heavy atom. The Morgan fingerprint density at radius 2 is 1.77 bits per heavy atom. The Bertz CT molecular complexity index is 1260. The highest BCUT2D eigenvalue weighted by Gasteiger charge is 2.22. The molecular weight excluding hydrogens is 412 g/mol. The highest BCUT2D eigenvalue weighted by Crippen LogP contribution is 2.40. The van der Waals surface area contributed by atoms with Gasteiger partial charge in [-0.05, 0) is 71.8 Å². The molecule has 5 rings (SSSR count). The summed E-state index contributed by atoms with van der Waals surface area (Å²) in [6, 6.07) is 15.9. The summed E-state index contributed by atoms with van der Waals surface area (Å²) >= 11 is 1.45. The van der Waals surface area contributed by atoms with Gasteiger partial charge in [-0.2, -0.15) is 0 Å². The number of carbonyl (C=O) groups is 1. The zero-order valence-corrected chi connectivity index (χ0v) is 17.5. The van der Waals surface area contributed by atoms with Crippen LogP contribution < -0.4 is 0 Å². The third kappa shape index (κ3) is 3.81. The van der Waals surface area contributed by atoms with E-state index in [1.54, 1.807) is 6.20 Å². The number of ketones is 1. The van der Waals surface area contributed by atoms with Crippen molar-refractivity contribution in [1.29, 1.82) is 0 Å². The smallest absolute Gasteiger partial charge is 0.177 e. The lowest BCUT2D eigenvalue weighted by Gasteiger charge is -2.09. The highest BCUT2D eigenvalue weighted by atomic mass is 32.1. The Kier molecular flexibility index (Phi) is 5.20. The number of nitrogens with zero attached hydrogens (tertiary/aromatic N) is 1. The summed E-state index contributed by atoms with van der Waals surface area (Å²) < 4.78 is 28.0. The number of benzene rings is 2. The number of aryl methyl sites for hydroxylation is 2. The van der Waals surface area contributed by atoms with E-state index in [4.69, 9.17) is 0 Å². The number of thiophene rings is 1. The van der Waals surface area contributed by atoms with Crippen LogP contribution in [0.2, 0.25) is 0 Å². The SMILES string of the molecule is O=C(Cc1c(F)cccc1F)c1cc2c(s1)CCCc1ccc(-c3cccnc3)cc1-2. The summed E-state index contributed by atoms with van der Waals surface area (Å²) in [6.07, 6.45) is 6.18. The van der Waals surface area contributed by atoms with E-state index in [0.29, 0.717) is 4.88 Å². The average Bonchev–Trinajstić information content (AvgIpc) is 3.14. The number of halogens is 2. The Morgan fingerprint density at radius 3 is 2.55 bits per heavy atom. The molecule has 2 aromatic carbocycles. The second-order valence-corrected chi connectivity index (χ2v) is 8.85. The van der Waals surface area contributed by atoms with Gasteiger partial charge in [0.25, 0.3) is 0 Å². The van der Waals surface area contributed by atoms with Gasteiger partial charge in [0.2, 0.25) is 0 Å². The average molecular weight is 432 g/mol. The minimum Gasteiger partial charge on any atom is -0.293 e. The molecule has 0 aliphatic heterocycles. The van der Waals surface area contributed by atoms with Gasteiger partial charge in [-0.25, -0.2) is 8.78 Å². The van der Waals surface area contributed by atoms with Gasteiger partial charge in [0.1, 0.15) is 11.6 Å². The molecule has 0 saturated heterocycles. The summed E-state index contributed by atoms with van der Waals surface area (Å²) in [5, 5.41) is 0. The lowest BCUT2D eigenvalue weighted by atomic mass is 9.95. The van der Waals surface area contributed by atoms with E-state index in [0.717, 1.165) is 46.4 Å². The number of rotatable bonds is 4. The van der Waals surface area contributed by atoms with Crippen LogP contribution in [0, 0.1) is 11.6 Å². The van der Waals surface area contributed by atoms with Gasteiger partial charge in [-0.3, -0.25) is 9.78 Å². The number of aromatic nitrogens is 1. The Hall–Kier alpha value is -3.18. The standard InChI is InChI=1S/C26H19F2NOS/c27-22-6-2-7-23(28)21(22)13-24(30)26-14-20-19-12-17(18-5-3-11-29-15-18)10-9-16(19)4-1-8-25(20)31-26/h2-3,5-7,9-12,14-15H,1,4,8,13H2. The summed E-state index contributed by atoms with van der Waals surface area (Å²) in [5.74, 6) is -1.62. The number of hydrogen-bond acceptors (Lipinski definition) is 3. The zero-order chi connectivity index (χ0) is 21.4. The number of carbonyl (C=O) groups excluding carboxylic acids is 1. The quantitative estimate of drug-likeness (QED) is 0.338. The van der Waals surface area contributed by atoms with Crippen LogP contribution in [-0.2, 0) is 19.3 Å². The molecule has 0 N–H and O–H groups in total. The van der Waals surface area contributed by atoms with E-state index in [1.165, 1.54) is 35.1 Å². The summed E-state index contributed by atoms with van der Waals surface area (Å²) in [6.45, 7) is 0. The molecule has 0 spiro atoms. The predicted octanol–water partition coefficient (Wildman–Crippen LogP) is 6.67. The molecule has 2 aromatic heterocycles. The topological polar surface area (TPSA) is 30.0 Å². The van der Waals surface area contributed by atoms with Crippen molar-refractivity contribution in [1.82, 2.24) is 4.98 Å². The highest BCUT2D eigenvalue weighted by molar-refractivity contribution is 7.14. The predicted molar refractivity (Wildman–Crippen MR) is 119 cm³/mol. The maximum Gasteiger partial charge on any atom is 0.177 e. The third-order valence-electron chi connectivity index (χ3n) is 5.73. The molecule has 2 heterocycles. The third-order valence-corrected chi connectivity index (χ3v) is 6.96. The van der Waals surface area contributed by atoms with Gasteiger partial charge >= 0.3 is 0 Å². The Labute approximate surface area is 183 Å². The summed E-state index contributed by atoms with van der Waals surface area (Å²) in [7, 11) is 0. The van der Waals surface area contributed by atoms with E-state index in [9.17, 15) is 13.6 Å². The van der Waals surface area contributed by atoms with Crippen LogP contribution in [0.5, 0.6) is 0 Å². The van der Waals surface area contributed by atoms with Gasteiger partial charge in [0.15, 0.2) is 5.78 Å². The first-order valence-corrected chi connectivity index (χ1v) is 11.0. The van der Waals surface area contributed by atoms with Crippen LogP contribution in [-0.4, -0.2) is 10.8 Å². The van der Waals surface area contributed by atoms with Crippen molar-refractivity contribution >= 4 is 17.1 Å². The van der Waals surface area contributed by atoms with Gasteiger partial charge in [-0.15, -0.1) is 11.3 Å². The molecule has 4 aromatic rings. The zero-order valence-electron chi connectivity index (χ0n) is 16.7. The number of fused-ring (bicyclic) bond motifs is 3. The summed E-state index contributed by atoms with van der Waals surface area (Å²) in [5.41, 5.74) is 5.38. The normalized spacial score (nSPS) is 12.7. The lowest BCUT2D eigenvalue weighted by molar-refractivity contribution is 0.0994. The van der Waals surface area contributed by atoms with E-state index in [1.807, 2.05) is 24.4 Å². The van der Waals surface area contributed by atoms with Crippen LogP contribution in [0.25, 0.3) is 22.3 Å². The molecule has 1 aliphatic rings. The fraction of sp³-hybridized carbons (Fsp3) is 0.154. The maximum absolute atomic E-state index is 14.0. The lowest BCUT2D eigenvalue weighted by Crippen LogP contribution is -2.05. The first-order chi connectivity index (χ1) is 15.1. The fourth-order valence-electron chi connectivity index (χ4n) is 4.13. The molecule has 0 atom stereocenters. The van der Waals surface area contributed by atoms with Crippen LogP contribution >= 0.6 is 11.3 Å². The molecule has 0 radical (unpaired) electrons. The van der Waals surface area contributed by atoms with Crippen LogP contribution in [0.1, 0.15) is 32.1 Å². The molecule has 2 nitrogen and oxygen atoms in total. The van der Waals surface area contributed by atoms with Crippen molar-refractivity contribution in [3.8, 4) is 22.3 Å². The minimum atomic E-state index is -0.682. The molecule has 31 heavy (non-hydrogen) atoms. The molecule has 0 fully saturated rings. The molecule has 154 valence electrons. The first-order valence-electron chi connectivity index (χ1n) is 10.2. The van der Waals surface area contributed by atoms with E-state index in [-0.39, 0.29) is 17.8 Å². The van der Waals surface area contributed by atoms with Crippen molar-refractivity contribution in [3.05, 3.63) is 99.5 Å². The Balaban J connectivity index is 1.53. The van der Waals surface area contributed by atoms with Crippen molar-refractivity contribution in [2.75, 3.05) is 0 Å². The molecule has 1 aliphatic carbocycles. The van der Waals surface area contributed by atoms with Crippen molar-refractivity contribution in [2.24, 2.45) is 0 Å². The van der Waals surface area contributed by atoms with Crippen LogP contribution in [0.4, 0.5) is 8.78 Å². The molecule has 0 saturated carbocycles. The van der Waals surface area contributed by atoms with Gasteiger partial charge in [0.05, 0.1) is 4.88 Å². The van der Waals surface area contributed by atoms with Crippen molar-refractivity contribution in [2.45, 2.75) is 25.7 Å². The van der Waals surface area contributed by atoms with E-state index < -0.39 is 11.6 Å². The number of Topliss-reactive ketones (excluding diaryl/α,β-unsaturated/α-hetero) is 1.